The van der Waals surface area contributed by atoms with Gasteiger partial charge < -0.3 is 10.6 Å². The summed E-state index contributed by atoms with van der Waals surface area (Å²) in [6.07, 6.45) is 3.21. The quantitative estimate of drug-likeness (QED) is 0.706. The Hall–Kier alpha value is -3.19. The molecule has 1 amide bonds. The van der Waals surface area contributed by atoms with E-state index in [0.717, 1.165) is 0 Å². The van der Waals surface area contributed by atoms with Crippen molar-refractivity contribution in [2.45, 2.75) is 13.5 Å². The summed E-state index contributed by atoms with van der Waals surface area (Å²) in [6, 6.07) is 10.4. The average molecular weight is 384 g/mol. The van der Waals surface area contributed by atoms with Crippen LogP contribution in [0.5, 0.6) is 0 Å². The Morgan fingerprint density at radius 2 is 1.96 bits per heavy atom. The number of hydrogen-bond donors (Lipinski definition) is 2. The molecule has 0 atom stereocenters. The number of amides is 1. The van der Waals surface area contributed by atoms with E-state index in [1.165, 1.54) is 11.7 Å². The predicted octanol–water partition coefficient (Wildman–Crippen LogP) is 3.08. The third-order valence-corrected chi connectivity index (χ3v) is 4.19. The topological polar surface area (TPSA) is 88.9 Å². The maximum absolute atomic E-state index is 12.9. The van der Waals surface area contributed by atoms with Gasteiger partial charge in [-0.2, -0.15) is 5.10 Å². The van der Waals surface area contributed by atoms with E-state index >= 15 is 0 Å². The minimum Gasteiger partial charge on any atom is -0.355 e. The van der Waals surface area contributed by atoms with Gasteiger partial charge in [-0.3, -0.25) is 14.6 Å². The number of aryl methyl sites for hydroxylation is 1. The maximum Gasteiger partial charge on any atom is 0.291 e. The molecule has 0 radical (unpaired) electrons. The van der Waals surface area contributed by atoms with E-state index in [1.54, 1.807) is 48.8 Å². The molecular formula is C19H18ClN5O2. The van der Waals surface area contributed by atoms with Crippen LogP contribution in [-0.2, 0) is 6.54 Å². The van der Waals surface area contributed by atoms with E-state index in [2.05, 4.69) is 20.7 Å². The van der Waals surface area contributed by atoms with Crippen molar-refractivity contribution < 1.29 is 4.79 Å². The molecule has 3 rings (SSSR count). The molecule has 0 aliphatic rings. The van der Waals surface area contributed by atoms with Gasteiger partial charge in [-0.05, 0) is 37.3 Å². The van der Waals surface area contributed by atoms with Crippen LogP contribution in [0.2, 0.25) is 5.02 Å². The van der Waals surface area contributed by atoms with Crippen LogP contribution in [-0.4, -0.2) is 27.7 Å². The number of nitrogens with one attached hydrogen (secondary N) is 2. The van der Waals surface area contributed by atoms with Gasteiger partial charge in [-0.25, -0.2) is 4.68 Å². The highest BCUT2D eigenvalue weighted by molar-refractivity contribution is 6.30. The SMILES string of the molecule is CCn1nc(-c2ccncc2)c(C(=O)NC)c(Nc2cccc(Cl)c2)c1=O. The molecule has 0 saturated carbocycles. The van der Waals surface area contributed by atoms with Gasteiger partial charge in [0.2, 0.25) is 0 Å². The molecule has 8 heteroatoms. The molecule has 138 valence electrons. The highest BCUT2D eigenvalue weighted by Crippen LogP contribution is 2.27. The number of nitrogens with zero attached hydrogens (tertiary/aromatic N) is 3. The van der Waals surface area contributed by atoms with Gasteiger partial charge in [-0.1, -0.05) is 17.7 Å². The van der Waals surface area contributed by atoms with Crippen LogP contribution < -0.4 is 16.2 Å². The van der Waals surface area contributed by atoms with E-state index < -0.39 is 11.5 Å². The first kappa shape index (κ1) is 18.6. The summed E-state index contributed by atoms with van der Waals surface area (Å²) in [5, 5.41) is 10.5. The molecule has 7 nitrogen and oxygen atoms in total. The number of pyridine rings is 1. The number of carbonyl (C=O) groups excluding carboxylic acids is 1. The molecular weight excluding hydrogens is 366 g/mol. The van der Waals surface area contributed by atoms with Gasteiger partial charge in [0.1, 0.15) is 11.4 Å². The lowest BCUT2D eigenvalue weighted by atomic mass is 10.1. The first-order valence-electron chi connectivity index (χ1n) is 8.35. The molecule has 0 spiro atoms. The van der Waals surface area contributed by atoms with Crippen LogP contribution >= 0.6 is 11.6 Å². The van der Waals surface area contributed by atoms with E-state index in [1.807, 2.05) is 6.92 Å². The number of anilines is 2. The highest BCUT2D eigenvalue weighted by atomic mass is 35.5. The van der Waals surface area contributed by atoms with Crippen molar-refractivity contribution in [1.82, 2.24) is 20.1 Å². The Balaban J connectivity index is 2.29. The van der Waals surface area contributed by atoms with Crippen LogP contribution in [0, 0.1) is 0 Å². The fraction of sp³-hybridized carbons (Fsp3) is 0.158. The van der Waals surface area contributed by atoms with Crippen LogP contribution in [0.15, 0.2) is 53.6 Å². The van der Waals surface area contributed by atoms with Crippen LogP contribution in [0.3, 0.4) is 0 Å². The number of rotatable bonds is 5. The van der Waals surface area contributed by atoms with Gasteiger partial charge in [0.05, 0.1) is 5.56 Å². The Bertz CT molecular complexity index is 1030. The summed E-state index contributed by atoms with van der Waals surface area (Å²) in [5.74, 6) is -0.417. The smallest absolute Gasteiger partial charge is 0.291 e. The Morgan fingerprint density at radius 1 is 1.22 bits per heavy atom. The standard InChI is InChI=1S/C19H18ClN5O2/c1-3-25-19(27)17(23-14-6-4-5-13(20)11-14)15(18(26)21-2)16(24-25)12-7-9-22-10-8-12/h4-11,23H,3H2,1-2H3,(H,21,26). The zero-order chi connectivity index (χ0) is 19.4. The second kappa shape index (κ2) is 8.01. The second-order valence-corrected chi connectivity index (χ2v) is 6.11. The zero-order valence-electron chi connectivity index (χ0n) is 14.9. The predicted molar refractivity (Wildman–Crippen MR) is 106 cm³/mol. The molecule has 0 aliphatic carbocycles. The maximum atomic E-state index is 12.9. The molecule has 2 N–H and O–H groups in total. The molecule has 0 unspecified atom stereocenters. The Morgan fingerprint density at radius 3 is 2.59 bits per heavy atom. The van der Waals surface area contributed by atoms with Crippen LogP contribution in [0.4, 0.5) is 11.4 Å². The zero-order valence-corrected chi connectivity index (χ0v) is 15.6. The highest BCUT2D eigenvalue weighted by Gasteiger charge is 2.23. The van der Waals surface area contributed by atoms with Crippen molar-refractivity contribution in [2.75, 3.05) is 12.4 Å². The summed E-state index contributed by atoms with van der Waals surface area (Å²) in [6.45, 7) is 2.17. The van der Waals surface area contributed by atoms with Crippen molar-refractivity contribution in [1.29, 1.82) is 0 Å². The fourth-order valence-electron chi connectivity index (χ4n) is 2.67. The summed E-state index contributed by atoms with van der Waals surface area (Å²) < 4.78 is 1.31. The summed E-state index contributed by atoms with van der Waals surface area (Å²) in [7, 11) is 1.51. The van der Waals surface area contributed by atoms with Gasteiger partial charge in [0.25, 0.3) is 11.5 Å². The molecule has 27 heavy (non-hydrogen) atoms. The van der Waals surface area contributed by atoms with E-state index in [0.29, 0.717) is 28.5 Å². The summed E-state index contributed by atoms with van der Waals surface area (Å²) in [4.78, 5) is 29.6. The van der Waals surface area contributed by atoms with Gasteiger partial charge in [0.15, 0.2) is 0 Å². The third kappa shape index (κ3) is 3.83. The normalized spacial score (nSPS) is 10.5. The largest absolute Gasteiger partial charge is 0.355 e. The first-order chi connectivity index (χ1) is 13.0. The number of carbonyl (C=O) groups is 1. The van der Waals surface area contributed by atoms with Crippen molar-refractivity contribution in [3.8, 4) is 11.3 Å². The van der Waals surface area contributed by atoms with Gasteiger partial charge >= 0.3 is 0 Å². The fourth-order valence-corrected chi connectivity index (χ4v) is 2.86. The Kier molecular flexibility index (Phi) is 5.52. The molecule has 0 fully saturated rings. The molecule has 0 saturated heterocycles. The molecule has 0 aliphatic heterocycles. The minimum atomic E-state index is -0.417. The lowest BCUT2D eigenvalue weighted by Crippen LogP contribution is -2.31. The van der Waals surface area contributed by atoms with Crippen molar-refractivity contribution in [2.24, 2.45) is 0 Å². The molecule has 2 aromatic heterocycles. The lowest BCUT2D eigenvalue weighted by molar-refractivity contribution is 0.0964. The number of halogens is 1. The molecule has 1 aromatic carbocycles. The van der Waals surface area contributed by atoms with Crippen molar-refractivity contribution >= 4 is 28.9 Å². The average Bonchev–Trinajstić information content (AvgIpc) is 2.69. The van der Waals surface area contributed by atoms with Crippen molar-refractivity contribution in [3.63, 3.8) is 0 Å². The number of benzene rings is 1. The van der Waals surface area contributed by atoms with E-state index in [-0.39, 0.29) is 11.3 Å². The minimum absolute atomic E-state index is 0.139. The summed E-state index contributed by atoms with van der Waals surface area (Å²) >= 11 is 6.04. The van der Waals surface area contributed by atoms with Gasteiger partial charge in [0, 0.05) is 42.3 Å². The van der Waals surface area contributed by atoms with Crippen molar-refractivity contribution in [3.05, 3.63) is 69.7 Å². The number of hydrogen-bond acceptors (Lipinski definition) is 5. The first-order valence-corrected chi connectivity index (χ1v) is 8.73. The molecule has 0 bridgehead atoms. The third-order valence-electron chi connectivity index (χ3n) is 3.96. The van der Waals surface area contributed by atoms with E-state index in [4.69, 9.17) is 11.6 Å². The van der Waals surface area contributed by atoms with Gasteiger partial charge in [-0.15, -0.1) is 0 Å². The number of aromatic nitrogens is 3. The van der Waals surface area contributed by atoms with Crippen LogP contribution in [0.1, 0.15) is 17.3 Å². The monoisotopic (exact) mass is 383 g/mol. The second-order valence-electron chi connectivity index (χ2n) is 5.67. The van der Waals surface area contributed by atoms with E-state index in [9.17, 15) is 9.59 Å². The Labute approximate surface area is 161 Å². The van der Waals surface area contributed by atoms with Crippen LogP contribution in [0.25, 0.3) is 11.3 Å². The summed E-state index contributed by atoms with van der Waals surface area (Å²) in [5.41, 5.74) is 1.58. The molecule has 2 heterocycles. The molecule has 3 aromatic rings. The lowest BCUT2D eigenvalue weighted by Gasteiger charge is -2.16.